The lowest BCUT2D eigenvalue weighted by Gasteiger charge is -2.29. The van der Waals surface area contributed by atoms with Gasteiger partial charge >= 0.3 is 0 Å². The molecule has 2 aromatic rings. The predicted molar refractivity (Wildman–Crippen MR) is 105 cm³/mol. The van der Waals surface area contributed by atoms with Gasteiger partial charge in [-0.1, -0.05) is 76.9 Å². The lowest BCUT2D eigenvalue weighted by Crippen LogP contribution is -2.17. The van der Waals surface area contributed by atoms with Crippen LogP contribution in [0.2, 0.25) is 10.0 Å². The molecule has 0 fully saturated rings. The van der Waals surface area contributed by atoms with E-state index in [9.17, 15) is 5.11 Å². The molecular weight excluding hydrogens is 341 g/mol. The molecule has 2 nitrogen and oxygen atoms in total. The van der Waals surface area contributed by atoms with Crippen LogP contribution in [0.3, 0.4) is 0 Å². The van der Waals surface area contributed by atoms with Crippen molar-refractivity contribution in [3.8, 4) is 5.75 Å². The van der Waals surface area contributed by atoms with Crippen molar-refractivity contribution < 1.29 is 5.11 Å². The first-order valence-corrected chi connectivity index (χ1v) is 8.75. The van der Waals surface area contributed by atoms with Gasteiger partial charge in [0.1, 0.15) is 5.75 Å². The Morgan fingerprint density at radius 3 is 1.71 bits per heavy atom. The summed E-state index contributed by atoms with van der Waals surface area (Å²) in [6, 6.07) is 9.36. The largest absolute Gasteiger partial charge is 0.505 e. The number of hydrogen-bond acceptors (Lipinski definition) is 2. The van der Waals surface area contributed by atoms with Gasteiger partial charge < -0.3 is 10.4 Å². The first-order valence-electron chi connectivity index (χ1n) is 7.99. The third kappa shape index (κ3) is 4.17. The van der Waals surface area contributed by atoms with Crippen molar-refractivity contribution in [2.24, 2.45) is 0 Å². The van der Waals surface area contributed by atoms with E-state index in [-0.39, 0.29) is 16.6 Å². The maximum atomic E-state index is 10.9. The van der Waals surface area contributed by atoms with E-state index in [1.54, 1.807) is 18.2 Å². The number of phenols is 1. The quantitative estimate of drug-likeness (QED) is 0.559. The summed E-state index contributed by atoms with van der Waals surface area (Å²) in [4.78, 5) is 0. The minimum Gasteiger partial charge on any atom is -0.505 e. The van der Waals surface area contributed by atoms with Crippen molar-refractivity contribution in [1.29, 1.82) is 0 Å². The second-order valence-electron chi connectivity index (χ2n) is 8.17. The molecule has 0 unspecified atom stereocenters. The molecule has 0 atom stereocenters. The van der Waals surface area contributed by atoms with Crippen LogP contribution in [0, 0.1) is 0 Å². The number of phenolic OH excluding ortho intramolecular Hbond substituents is 1. The van der Waals surface area contributed by atoms with Crippen molar-refractivity contribution >= 4 is 34.6 Å². The monoisotopic (exact) mass is 365 g/mol. The van der Waals surface area contributed by atoms with Crippen LogP contribution in [-0.4, -0.2) is 5.11 Å². The summed E-state index contributed by atoms with van der Waals surface area (Å²) < 4.78 is 0. The molecule has 0 heterocycles. The van der Waals surface area contributed by atoms with E-state index in [0.29, 0.717) is 15.7 Å². The highest BCUT2D eigenvalue weighted by Gasteiger charge is 2.26. The van der Waals surface area contributed by atoms with Crippen LogP contribution in [0.5, 0.6) is 5.75 Å². The van der Waals surface area contributed by atoms with Gasteiger partial charge in [0, 0.05) is 21.3 Å². The van der Waals surface area contributed by atoms with E-state index in [4.69, 9.17) is 23.2 Å². The summed E-state index contributed by atoms with van der Waals surface area (Å²) in [5.41, 5.74) is 3.09. The average Bonchev–Trinajstić information content (AvgIpc) is 2.36. The van der Waals surface area contributed by atoms with E-state index in [2.05, 4.69) is 52.9 Å². The molecule has 2 rings (SSSR count). The first kappa shape index (κ1) is 19.0. The highest BCUT2D eigenvalue weighted by atomic mass is 35.5. The second-order valence-corrected chi connectivity index (χ2v) is 9.04. The predicted octanol–water partition coefficient (Wildman–Crippen LogP) is 7.04. The Kier molecular flexibility index (Phi) is 5.13. The molecule has 0 bridgehead atoms. The van der Waals surface area contributed by atoms with Crippen LogP contribution >= 0.6 is 23.2 Å². The van der Waals surface area contributed by atoms with Gasteiger partial charge in [-0.3, -0.25) is 0 Å². The van der Waals surface area contributed by atoms with Crippen molar-refractivity contribution in [3.05, 3.63) is 51.5 Å². The molecular formula is C20H25Cl2NO. The molecule has 0 aliphatic rings. The normalized spacial score (nSPS) is 12.3. The van der Waals surface area contributed by atoms with Gasteiger partial charge in [0.15, 0.2) is 0 Å². The minimum atomic E-state index is -0.164. The highest BCUT2D eigenvalue weighted by Crippen LogP contribution is 2.43. The maximum absolute atomic E-state index is 10.9. The minimum absolute atomic E-state index is 0.126. The van der Waals surface area contributed by atoms with E-state index in [1.165, 1.54) is 0 Å². The van der Waals surface area contributed by atoms with Gasteiger partial charge in [-0.05, 0) is 34.6 Å². The zero-order valence-corrected chi connectivity index (χ0v) is 16.6. The molecule has 130 valence electrons. The van der Waals surface area contributed by atoms with Crippen LogP contribution in [0.1, 0.15) is 52.7 Å². The molecule has 0 aliphatic heterocycles. The Bertz CT molecular complexity index is 735. The molecule has 0 amide bonds. The average molecular weight is 366 g/mol. The fourth-order valence-corrected chi connectivity index (χ4v) is 3.24. The molecule has 0 saturated carbocycles. The molecule has 0 radical (unpaired) electrons. The van der Waals surface area contributed by atoms with Gasteiger partial charge in [0.05, 0.1) is 5.69 Å². The van der Waals surface area contributed by atoms with Crippen molar-refractivity contribution in [2.75, 3.05) is 5.32 Å². The SMILES string of the molecule is CC(C)(C)c1ccc(C(C)(C)C)c(Nc2cc(Cl)cc(Cl)c2)c1O. The number of rotatable bonds is 2. The number of benzene rings is 2. The maximum Gasteiger partial charge on any atom is 0.143 e. The third-order valence-electron chi connectivity index (χ3n) is 3.93. The molecule has 2 aromatic carbocycles. The fraction of sp³-hybridized carbons (Fsp3) is 0.400. The van der Waals surface area contributed by atoms with Crippen molar-refractivity contribution in [1.82, 2.24) is 0 Å². The Labute approximate surface area is 154 Å². The first-order chi connectivity index (χ1) is 10.9. The lowest BCUT2D eigenvalue weighted by atomic mass is 9.80. The van der Waals surface area contributed by atoms with Gasteiger partial charge in [0.2, 0.25) is 0 Å². The van der Waals surface area contributed by atoms with Crippen LogP contribution in [0.4, 0.5) is 11.4 Å². The smallest absolute Gasteiger partial charge is 0.143 e. The standard InChI is InChI=1S/C20H25Cl2NO/c1-19(2,3)15-7-8-16(20(4,5)6)18(24)17(15)23-14-10-12(21)9-13(22)11-14/h7-11,23-24H,1-6H3. The van der Waals surface area contributed by atoms with Crippen molar-refractivity contribution in [3.63, 3.8) is 0 Å². The fourth-order valence-electron chi connectivity index (χ4n) is 2.72. The molecule has 0 aliphatic carbocycles. The van der Waals surface area contributed by atoms with Crippen LogP contribution in [0.25, 0.3) is 0 Å². The topological polar surface area (TPSA) is 32.3 Å². The molecule has 0 spiro atoms. The van der Waals surface area contributed by atoms with E-state index in [1.807, 2.05) is 6.07 Å². The Balaban J connectivity index is 2.64. The number of nitrogens with one attached hydrogen (secondary N) is 1. The van der Waals surface area contributed by atoms with Crippen LogP contribution < -0.4 is 5.32 Å². The Morgan fingerprint density at radius 1 is 0.792 bits per heavy atom. The highest BCUT2D eigenvalue weighted by molar-refractivity contribution is 6.35. The summed E-state index contributed by atoms with van der Waals surface area (Å²) >= 11 is 12.2. The van der Waals surface area contributed by atoms with E-state index in [0.717, 1.165) is 16.8 Å². The molecule has 0 aromatic heterocycles. The summed E-state index contributed by atoms with van der Waals surface area (Å²) in [6.45, 7) is 12.6. The summed E-state index contributed by atoms with van der Waals surface area (Å²) in [5.74, 6) is 0.269. The van der Waals surface area contributed by atoms with Crippen LogP contribution in [0.15, 0.2) is 30.3 Å². The number of halogens is 2. The molecule has 24 heavy (non-hydrogen) atoms. The molecule has 0 saturated heterocycles. The van der Waals surface area contributed by atoms with Crippen molar-refractivity contribution in [2.45, 2.75) is 52.4 Å². The lowest BCUT2D eigenvalue weighted by molar-refractivity contribution is 0.446. The van der Waals surface area contributed by atoms with Gasteiger partial charge in [0.25, 0.3) is 0 Å². The van der Waals surface area contributed by atoms with Crippen LogP contribution in [-0.2, 0) is 10.8 Å². The summed E-state index contributed by atoms with van der Waals surface area (Å²) in [7, 11) is 0. The van der Waals surface area contributed by atoms with E-state index < -0.39 is 0 Å². The zero-order valence-electron chi connectivity index (χ0n) is 15.1. The van der Waals surface area contributed by atoms with Gasteiger partial charge in [-0.25, -0.2) is 0 Å². The third-order valence-corrected chi connectivity index (χ3v) is 4.36. The molecule has 4 heteroatoms. The molecule has 2 N–H and O–H groups in total. The number of aromatic hydroxyl groups is 1. The second kappa shape index (κ2) is 6.50. The number of hydrogen-bond donors (Lipinski definition) is 2. The van der Waals surface area contributed by atoms with Gasteiger partial charge in [-0.15, -0.1) is 0 Å². The zero-order chi connectivity index (χ0) is 18.3. The Hall–Kier alpha value is -1.38. The summed E-state index contributed by atoms with van der Waals surface area (Å²) in [6.07, 6.45) is 0. The number of anilines is 2. The summed E-state index contributed by atoms with van der Waals surface area (Å²) in [5, 5.41) is 15.4. The van der Waals surface area contributed by atoms with Gasteiger partial charge in [-0.2, -0.15) is 0 Å². The Morgan fingerprint density at radius 2 is 1.25 bits per heavy atom. The van der Waals surface area contributed by atoms with E-state index >= 15 is 0 Å².